The summed E-state index contributed by atoms with van der Waals surface area (Å²) < 4.78 is 36.1. The molecular formula is C24H24F2N8O2. The fraction of sp³-hybridized carbons (Fsp3) is 0.250. The van der Waals surface area contributed by atoms with Crippen LogP contribution >= 0.6 is 0 Å². The van der Waals surface area contributed by atoms with E-state index in [1.54, 1.807) is 38.1 Å². The number of nitrogens with zero attached hydrogens (tertiary/aromatic N) is 5. The Hall–Kier alpha value is -4.48. The Morgan fingerprint density at radius 2 is 2.00 bits per heavy atom. The van der Waals surface area contributed by atoms with E-state index < -0.39 is 23.6 Å². The molecule has 1 atom stereocenters. The molecule has 0 radical (unpaired) electrons. The van der Waals surface area contributed by atoms with Gasteiger partial charge in [-0.05, 0) is 30.7 Å². The van der Waals surface area contributed by atoms with Gasteiger partial charge in [0.1, 0.15) is 34.9 Å². The lowest BCUT2D eigenvalue weighted by molar-refractivity contribution is 0.0932. The molecule has 0 fully saturated rings. The molecule has 0 unspecified atom stereocenters. The molecule has 2 bridgehead atoms. The first kappa shape index (κ1) is 23.3. The number of hydrogen-bond acceptors (Lipinski definition) is 8. The molecule has 0 saturated carbocycles. The number of anilines is 3. The second kappa shape index (κ2) is 8.95. The number of halogens is 2. The first-order valence-electron chi connectivity index (χ1n) is 11.2. The zero-order chi connectivity index (χ0) is 25.6. The average molecular weight is 495 g/mol. The second-order valence-electron chi connectivity index (χ2n) is 8.68. The summed E-state index contributed by atoms with van der Waals surface area (Å²) in [6.07, 6.45) is 1.98. The molecular weight excluding hydrogens is 470 g/mol. The van der Waals surface area contributed by atoms with Crippen LogP contribution in [0, 0.1) is 11.6 Å². The summed E-state index contributed by atoms with van der Waals surface area (Å²) in [5, 5.41) is 10.2. The molecule has 3 aromatic heterocycles. The number of carbonyl (C=O) groups is 1. The quantitative estimate of drug-likeness (QED) is 0.389. The lowest BCUT2D eigenvalue weighted by atomic mass is 10.1. The van der Waals surface area contributed by atoms with E-state index in [0.29, 0.717) is 22.4 Å². The number of fused-ring (bicyclic) bond motifs is 2. The van der Waals surface area contributed by atoms with Gasteiger partial charge >= 0.3 is 0 Å². The number of nitrogens with two attached hydrogens (primary N) is 1. The fourth-order valence-electron chi connectivity index (χ4n) is 4.06. The lowest BCUT2D eigenvalue weighted by Gasteiger charge is -2.18. The lowest BCUT2D eigenvalue weighted by Crippen LogP contribution is -2.33. The van der Waals surface area contributed by atoms with Crippen molar-refractivity contribution in [3.63, 3.8) is 0 Å². The summed E-state index contributed by atoms with van der Waals surface area (Å²) in [6.45, 7) is 2.00. The number of amides is 1. The van der Waals surface area contributed by atoms with Gasteiger partial charge in [0.2, 0.25) is 5.88 Å². The summed E-state index contributed by atoms with van der Waals surface area (Å²) in [5.41, 5.74) is 8.58. The summed E-state index contributed by atoms with van der Waals surface area (Å²) in [6, 6.07) is 6.00. The summed E-state index contributed by atoms with van der Waals surface area (Å²) in [7, 11) is 3.48. The van der Waals surface area contributed by atoms with Crippen LogP contribution in [0.1, 0.15) is 22.8 Å². The molecule has 4 heterocycles. The highest BCUT2D eigenvalue weighted by Crippen LogP contribution is 2.36. The van der Waals surface area contributed by atoms with Crippen molar-refractivity contribution in [2.45, 2.75) is 19.6 Å². The van der Waals surface area contributed by atoms with Crippen molar-refractivity contribution < 1.29 is 18.3 Å². The molecule has 0 saturated heterocycles. The van der Waals surface area contributed by atoms with Crippen molar-refractivity contribution >= 4 is 28.9 Å². The Balaban J connectivity index is 1.70. The summed E-state index contributed by atoms with van der Waals surface area (Å²) in [4.78, 5) is 23.3. The van der Waals surface area contributed by atoms with Crippen molar-refractivity contribution in [3.8, 4) is 17.0 Å². The second-order valence-corrected chi connectivity index (χ2v) is 8.68. The van der Waals surface area contributed by atoms with Crippen LogP contribution in [-0.4, -0.2) is 52.2 Å². The molecule has 0 aliphatic carbocycles. The molecule has 12 heteroatoms. The molecule has 1 aliphatic rings. The summed E-state index contributed by atoms with van der Waals surface area (Å²) >= 11 is 0. The number of ether oxygens (including phenoxy) is 1. The smallest absolute Gasteiger partial charge is 0.256 e. The van der Waals surface area contributed by atoms with E-state index in [9.17, 15) is 13.6 Å². The molecule has 4 aromatic rings. The van der Waals surface area contributed by atoms with E-state index in [2.05, 4.69) is 25.7 Å². The molecule has 4 N–H and O–H groups in total. The largest absolute Gasteiger partial charge is 0.473 e. The molecule has 10 nitrogen and oxygen atoms in total. The highest BCUT2D eigenvalue weighted by molar-refractivity contribution is 6.01. The average Bonchev–Trinajstić information content (AvgIpc) is 3.26. The van der Waals surface area contributed by atoms with Gasteiger partial charge in [0.05, 0.1) is 30.2 Å². The van der Waals surface area contributed by atoms with Crippen molar-refractivity contribution in [1.82, 2.24) is 24.9 Å². The van der Waals surface area contributed by atoms with E-state index >= 15 is 0 Å². The zero-order valence-electron chi connectivity index (χ0n) is 19.8. The van der Waals surface area contributed by atoms with E-state index in [0.717, 1.165) is 6.20 Å². The maximum atomic E-state index is 14.9. The predicted octanol–water partition coefficient (Wildman–Crippen LogP) is 2.84. The van der Waals surface area contributed by atoms with Crippen molar-refractivity contribution in [2.75, 3.05) is 36.6 Å². The number of nitrogen functional groups attached to an aromatic ring is 1. The minimum Gasteiger partial charge on any atom is -0.473 e. The Kier molecular flexibility index (Phi) is 5.78. The molecule has 186 valence electrons. The van der Waals surface area contributed by atoms with Crippen LogP contribution in [0.25, 0.3) is 16.8 Å². The number of pyridine rings is 1. The van der Waals surface area contributed by atoms with Crippen LogP contribution < -0.4 is 26.0 Å². The Labute approximate surface area is 205 Å². The molecule has 5 rings (SSSR count). The standard InChI is InChI=1S/C24H24F2N8O2/c1-12-8-29-23(35)16-11-31-34-20(27)19(13-4-5-18(33(2)3)17(26)7-13)21(32-22(16)34)28-9-14-6-15(25)10-30-24(14)36-12/h4-7,10-12H,8-9,27H2,1-3H3,(H,28,32)(H,29,35)/t12-/m0/s1. The Bertz CT molecular complexity index is 1490. The van der Waals surface area contributed by atoms with E-state index in [-0.39, 0.29) is 41.8 Å². The number of hydrogen-bond donors (Lipinski definition) is 3. The minimum absolute atomic E-state index is 0.0749. The maximum absolute atomic E-state index is 14.9. The van der Waals surface area contributed by atoms with Crippen LogP contribution in [0.3, 0.4) is 0 Å². The molecule has 0 spiro atoms. The third kappa shape index (κ3) is 4.10. The molecule has 1 aliphatic heterocycles. The summed E-state index contributed by atoms with van der Waals surface area (Å²) in [5.74, 6) is -0.783. The van der Waals surface area contributed by atoms with Crippen molar-refractivity contribution in [3.05, 3.63) is 59.4 Å². The van der Waals surface area contributed by atoms with Crippen molar-refractivity contribution in [1.29, 1.82) is 0 Å². The monoisotopic (exact) mass is 494 g/mol. The van der Waals surface area contributed by atoms with Gasteiger partial charge in [-0.25, -0.2) is 18.7 Å². The zero-order valence-corrected chi connectivity index (χ0v) is 19.8. The third-order valence-electron chi connectivity index (χ3n) is 5.85. The van der Waals surface area contributed by atoms with Gasteiger partial charge in [-0.3, -0.25) is 4.79 Å². The molecule has 1 aromatic carbocycles. The van der Waals surface area contributed by atoms with Gasteiger partial charge in [0.15, 0.2) is 5.65 Å². The normalized spacial score (nSPS) is 15.7. The van der Waals surface area contributed by atoms with Gasteiger partial charge in [-0.15, -0.1) is 0 Å². The minimum atomic E-state index is -0.535. The van der Waals surface area contributed by atoms with Gasteiger partial charge in [0.25, 0.3) is 5.91 Å². The number of rotatable bonds is 2. The third-order valence-corrected chi connectivity index (χ3v) is 5.85. The molecule has 36 heavy (non-hydrogen) atoms. The van der Waals surface area contributed by atoms with Crippen molar-refractivity contribution in [2.24, 2.45) is 0 Å². The number of benzene rings is 1. The first-order valence-corrected chi connectivity index (χ1v) is 11.2. The molecule has 1 amide bonds. The number of nitrogens with one attached hydrogen (secondary N) is 2. The van der Waals surface area contributed by atoms with Gasteiger partial charge in [0, 0.05) is 26.2 Å². The Morgan fingerprint density at radius 1 is 1.19 bits per heavy atom. The van der Waals surface area contributed by atoms with Crippen LogP contribution in [0.2, 0.25) is 0 Å². The highest BCUT2D eigenvalue weighted by Gasteiger charge is 2.24. The topological polar surface area (TPSA) is 123 Å². The number of aromatic nitrogens is 4. The Morgan fingerprint density at radius 3 is 2.75 bits per heavy atom. The van der Waals surface area contributed by atoms with E-state index in [4.69, 9.17) is 10.5 Å². The van der Waals surface area contributed by atoms with E-state index in [1.807, 2.05) is 0 Å². The number of carbonyl (C=O) groups excluding carboxylic acids is 1. The first-order chi connectivity index (χ1) is 17.2. The van der Waals surface area contributed by atoms with Crippen LogP contribution in [0.4, 0.5) is 26.1 Å². The highest BCUT2D eigenvalue weighted by atomic mass is 19.1. The SMILES string of the molecule is C[C@H]1CNC(=O)c2cnn3c(N)c(-c4ccc(N(C)C)c(F)c4)c(nc23)NCc2cc(F)cnc2O1. The van der Waals surface area contributed by atoms with Gasteiger partial charge in [-0.2, -0.15) is 9.61 Å². The van der Waals surface area contributed by atoms with E-state index in [1.165, 1.54) is 22.8 Å². The van der Waals surface area contributed by atoms with Crippen LogP contribution in [-0.2, 0) is 6.54 Å². The fourth-order valence-corrected chi connectivity index (χ4v) is 4.06. The van der Waals surface area contributed by atoms with Crippen LogP contribution in [0.15, 0.2) is 36.7 Å². The van der Waals surface area contributed by atoms with Crippen LogP contribution in [0.5, 0.6) is 5.88 Å². The predicted molar refractivity (Wildman–Crippen MR) is 131 cm³/mol. The maximum Gasteiger partial charge on any atom is 0.256 e. The van der Waals surface area contributed by atoms with Gasteiger partial charge < -0.3 is 26.0 Å². The van der Waals surface area contributed by atoms with Gasteiger partial charge in [-0.1, -0.05) is 6.07 Å².